The van der Waals surface area contributed by atoms with Crippen molar-refractivity contribution in [1.82, 2.24) is 10.6 Å². The van der Waals surface area contributed by atoms with Crippen molar-refractivity contribution in [2.75, 3.05) is 6.26 Å². The Bertz CT molecular complexity index is 267. The van der Waals surface area contributed by atoms with E-state index < -0.39 is 6.04 Å². The van der Waals surface area contributed by atoms with Gasteiger partial charge in [0.05, 0.1) is 12.1 Å². The Morgan fingerprint density at radius 3 is 1.94 bits per heavy atom. The van der Waals surface area contributed by atoms with Crippen LogP contribution in [-0.4, -0.2) is 35.4 Å². The lowest BCUT2D eigenvalue weighted by molar-refractivity contribution is -0.127. The molecule has 0 bridgehead atoms. The normalized spacial score (nSPS) is 14.8. The minimum Gasteiger partial charge on any atom is -0.344 e. The van der Waals surface area contributed by atoms with Crippen LogP contribution in [0.3, 0.4) is 0 Å². The standard InChI is InChI=1S/C12H24N2O2S/c1-7(2)10(13-8(3)4)11(15)14-9(5)12(16)17-6/h7-10,13H,1-6H3,(H,14,15)/t9-,10-/m0/s1. The first-order valence-corrected chi connectivity index (χ1v) is 7.16. The Labute approximate surface area is 108 Å². The summed E-state index contributed by atoms with van der Waals surface area (Å²) in [5.74, 6) is 0.0811. The zero-order chi connectivity index (χ0) is 13.6. The van der Waals surface area contributed by atoms with Gasteiger partial charge in [-0.2, -0.15) is 0 Å². The van der Waals surface area contributed by atoms with E-state index in [-0.39, 0.29) is 29.0 Å². The molecular formula is C12H24N2O2S. The van der Waals surface area contributed by atoms with Crippen molar-refractivity contribution in [3.63, 3.8) is 0 Å². The Morgan fingerprint density at radius 2 is 1.59 bits per heavy atom. The molecule has 0 spiro atoms. The van der Waals surface area contributed by atoms with Gasteiger partial charge >= 0.3 is 0 Å². The van der Waals surface area contributed by atoms with E-state index in [2.05, 4.69) is 10.6 Å². The first kappa shape index (κ1) is 16.4. The molecule has 0 aromatic carbocycles. The van der Waals surface area contributed by atoms with Crippen LogP contribution in [0.25, 0.3) is 0 Å². The van der Waals surface area contributed by atoms with Crippen LogP contribution >= 0.6 is 11.8 Å². The van der Waals surface area contributed by atoms with Gasteiger partial charge in [-0.1, -0.05) is 39.5 Å². The second kappa shape index (κ2) is 7.71. The lowest BCUT2D eigenvalue weighted by Gasteiger charge is -2.25. The molecule has 0 aliphatic carbocycles. The quantitative estimate of drug-likeness (QED) is 0.758. The summed E-state index contributed by atoms with van der Waals surface area (Å²) in [5.41, 5.74) is 0. The van der Waals surface area contributed by atoms with E-state index in [0.29, 0.717) is 0 Å². The van der Waals surface area contributed by atoms with Crippen molar-refractivity contribution < 1.29 is 9.59 Å². The van der Waals surface area contributed by atoms with E-state index in [4.69, 9.17) is 0 Å². The molecule has 0 radical (unpaired) electrons. The number of thioether (sulfide) groups is 1. The van der Waals surface area contributed by atoms with Crippen molar-refractivity contribution in [3.8, 4) is 0 Å². The topological polar surface area (TPSA) is 58.2 Å². The van der Waals surface area contributed by atoms with E-state index in [1.807, 2.05) is 27.7 Å². The summed E-state index contributed by atoms with van der Waals surface area (Å²) < 4.78 is 0. The van der Waals surface area contributed by atoms with Gasteiger partial charge in [-0.15, -0.1) is 0 Å². The molecule has 0 aromatic heterocycles. The summed E-state index contributed by atoms with van der Waals surface area (Å²) in [6.07, 6.45) is 1.72. The molecule has 4 nitrogen and oxygen atoms in total. The molecule has 0 fully saturated rings. The van der Waals surface area contributed by atoms with Crippen molar-refractivity contribution >= 4 is 22.8 Å². The lowest BCUT2D eigenvalue weighted by atomic mass is 10.0. The van der Waals surface area contributed by atoms with Crippen molar-refractivity contribution in [1.29, 1.82) is 0 Å². The number of amides is 1. The predicted octanol–water partition coefficient (Wildman–Crippen LogP) is 1.40. The maximum absolute atomic E-state index is 12.0. The SMILES string of the molecule is CSC(=O)[C@H](C)NC(=O)[C@@H](NC(C)C)C(C)C. The van der Waals surface area contributed by atoms with Gasteiger partial charge in [0.2, 0.25) is 11.0 Å². The summed E-state index contributed by atoms with van der Waals surface area (Å²) in [4.78, 5) is 23.4. The molecule has 0 saturated carbocycles. The van der Waals surface area contributed by atoms with E-state index in [1.54, 1.807) is 13.2 Å². The third kappa shape index (κ3) is 6.07. The van der Waals surface area contributed by atoms with Gasteiger partial charge in [0.15, 0.2) is 0 Å². The lowest BCUT2D eigenvalue weighted by Crippen LogP contribution is -2.52. The monoisotopic (exact) mass is 260 g/mol. The molecule has 5 heteroatoms. The van der Waals surface area contributed by atoms with Crippen molar-refractivity contribution in [2.24, 2.45) is 5.92 Å². The Balaban J connectivity index is 4.47. The van der Waals surface area contributed by atoms with Crippen LogP contribution in [-0.2, 0) is 9.59 Å². The molecule has 0 heterocycles. The molecule has 17 heavy (non-hydrogen) atoms. The molecule has 0 aliphatic heterocycles. The highest BCUT2D eigenvalue weighted by atomic mass is 32.2. The highest BCUT2D eigenvalue weighted by Gasteiger charge is 2.25. The summed E-state index contributed by atoms with van der Waals surface area (Å²) in [7, 11) is 0. The fraction of sp³-hybridized carbons (Fsp3) is 0.833. The molecule has 0 aliphatic rings. The number of hydrogen-bond donors (Lipinski definition) is 2. The number of hydrogen-bond acceptors (Lipinski definition) is 4. The van der Waals surface area contributed by atoms with Gasteiger partial charge in [0.25, 0.3) is 0 Å². The van der Waals surface area contributed by atoms with Gasteiger partial charge in [-0.3, -0.25) is 9.59 Å². The van der Waals surface area contributed by atoms with E-state index in [0.717, 1.165) is 11.8 Å². The zero-order valence-electron chi connectivity index (χ0n) is 11.5. The molecule has 100 valence electrons. The van der Waals surface area contributed by atoms with Crippen LogP contribution in [0.2, 0.25) is 0 Å². The molecule has 0 aromatic rings. The van der Waals surface area contributed by atoms with Crippen LogP contribution in [0.1, 0.15) is 34.6 Å². The zero-order valence-corrected chi connectivity index (χ0v) is 12.4. The third-order valence-corrected chi connectivity index (χ3v) is 3.13. The summed E-state index contributed by atoms with van der Waals surface area (Å²) in [6, 6.07) is -0.459. The molecule has 0 unspecified atom stereocenters. The highest BCUT2D eigenvalue weighted by Crippen LogP contribution is 2.05. The van der Waals surface area contributed by atoms with E-state index in [9.17, 15) is 9.59 Å². The molecule has 2 atom stereocenters. The summed E-state index contributed by atoms with van der Waals surface area (Å²) >= 11 is 1.13. The van der Waals surface area contributed by atoms with E-state index >= 15 is 0 Å². The van der Waals surface area contributed by atoms with Crippen LogP contribution in [0, 0.1) is 5.92 Å². The second-order valence-corrected chi connectivity index (χ2v) is 5.61. The smallest absolute Gasteiger partial charge is 0.238 e. The fourth-order valence-electron chi connectivity index (χ4n) is 1.47. The van der Waals surface area contributed by atoms with Gasteiger partial charge in [-0.05, 0) is 19.1 Å². The van der Waals surface area contributed by atoms with Crippen molar-refractivity contribution in [3.05, 3.63) is 0 Å². The minimum atomic E-state index is -0.437. The molecule has 1 amide bonds. The minimum absolute atomic E-state index is 0.0228. The summed E-state index contributed by atoms with van der Waals surface area (Å²) in [6.45, 7) is 9.68. The Hall–Kier alpha value is -0.550. The Kier molecular flexibility index (Phi) is 7.46. The van der Waals surface area contributed by atoms with Gasteiger partial charge in [-0.25, -0.2) is 0 Å². The first-order chi connectivity index (χ1) is 7.79. The highest BCUT2D eigenvalue weighted by molar-refractivity contribution is 8.13. The first-order valence-electron chi connectivity index (χ1n) is 5.93. The number of rotatable bonds is 6. The summed E-state index contributed by atoms with van der Waals surface area (Å²) in [5, 5.41) is 5.93. The molecule has 0 rings (SSSR count). The maximum atomic E-state index is 12.0. The number of carbonyl (C=O) groups is 2. The van der Waals surface area contributed by atoms with Gasteiger partial charge in [0, 0.05) is 6.04 Å². The van der Waals surface area contributed by atoms with Crippen LogP contribution in [0.5, 0.6) is 0 Å². The largest absolute Gasteiger partial charge is 0.344 e. The second-order valence-electron chi connectivity index (χ2n) is 4.80. The van der Waals surface area contributed by atoms with Crippen LogP contribution in [0.15, 0.2) is 0 Å². The molecule has 2 N–H and O–H groups in total. The maximum Gasteiger partial charge on any atom is 0.238 e. The molecule has 0 saturated heterocycles. The van der Waals surface area contributed by atoms with Gasteiger partial charge < -0.3 is 10.6 Å². The third-order valence-electron chi connectivity index (χ3n) is 2.38. The van der Waals surface area contributed by atoms with Gasteiger partial charge in [0.1, 0.15) is 0 Å². The van der Waals surface area contributed by atoms with Crippen molar-refractivity contribution in [2.45, 2.75) is 52.7 Å². The Morgan fingerprint density at radius 1 is 1.06 bits per heavy atom. The molecular weight excluding hydrogens is 236 g/mol. The number of carbonyl (C=O) groups excluding carboxylic acids is 2. The average Bonchev–Trinajstić information content (AvgIpc) is 2.23. The van der Waals surface area contributed by atoms with Crippen LogP contribution < -0.4 is 10.6 Å². The predicted molar refractivity (Wildman–Crippen MR) is 73.0 cm³/mol. The number of nitrogens with one attached hydrogen (secondary N) is 2. The van der Waals surface area contributed by atoms with Crippen LogP contribution in [0.4, 0.5) is 0 Å². The van der Waals surface area contributed by atoms with E-state index in [1.165, 1.54) is 0 Å². The average molecular weight is 260 g/mol. The fourth-order valence-corrected chi connectivity index (χ4v) is 1.88.